The zero-order valence-electron chi connectivity index (χ0n) is 3.86. The van der Waals surface area contributed by atoms with Crippen LogP contribution >= 0.6 is 11.6 Å². The van der Waals surface area contributed by atoms with Crippen LogP contribution in [0.2, 0.25) is 0 Å². The molecule has 0 aliphatic carbocycles. The smallest absolute Gasteiger partial charge is 0.767 e. The molecular formula is CClF2KO2S. The maximum Gasteiger partial charge on any atom is 1.00 e. The summed E-state index contributed by atoms with van der Waals surface area (Å²) in [5, 5.41) is 0. The first kappa shape index (κ1) is 12.6. The zero-order valence-corrected chi connectivity index (χ0v) is 8.55. The van der Waals surface area contributed by atoms with Crippen molar-refractivity contribution in [3.8, 4) is 0 Å². The van der Waals surface area contributed by atoms with Gasteiger partial charge in [0.2, 0.25) is 0 Å². The minimum absolute atomic E-state index is 0. The molecule has 0 heterocycles. The van der Waals surface area contributed by atoms with Crippen molar-refractivity contribution < 1.29 is 68.9 Å². The number of halogens is 3. The van der Waals surface area contributed by atoms with E-state index in [1.807, 2.05) is 0 Å². The molecule has 1 unspecified atom stereocenters. The van der Waals surface area contributed by atoms with Crippen LogP contribution in [0.3, 0.4) is 0 Å². The summed E-state index contributed by atoms with van der Waals surface area (Å²) in [6, 6.07) is 0. The number of hydrogen-bond donors (Lipinski definition) is 0. The first-order chi connectivity index (χ1) is 2.94. The van der Waals surface area contributed by atoms with E-state index in [0.717, 1.165) is 0 Å². The molecule has 0 bridgehead atoms. The Morgan fingerprint density at radius 1 is 1.62 bits per heavy atom. The molecule has 0 N–H and O–H groups in total. The molecule has 0 aromatic carbocycles. The Morgan fingerprint density at radius 2 is 1.75 bits per heavy atom. The molecule has 7 heteroatoms. The van der Waals surface area contributed by atoms with Crippen LogP contribution in [-0.4, -0.2) is 13.5 Å². The third-order valence-electron chi connectivity index (χ3n) is 0.189. The molecule has 0 spiro atoms. The van der Waals surface area contributed by atoms with E-state index in [2.05, 4.69) is 11.6 Å². The Balaban J connectivity index is 0. The van der Waals surface area contributed by atoms with Crippen molar-refractivity contribution in [2.45, 2.75) is 4.71 Å². The summed E-state index contributed by atoms with van der Waals surface area (Å²) in [7, 11) is 0. The van der Waals surface area contributed by atoms with Gasteiger partial charge >= 0.3 is 56.1 Å². The fourth-order valence-electron chi connectivity index (χ4n) is 0. The monoisotopic (exact) mass is 188 g/mol. The maximum absolute atomic E-state index is 11.0. The van der Waals surface area contributed by atoms with Crippen LogP contribution in [0.5, 0.6) is 0 Å². The van der Waals surface area contributed by atoms with Crippen molar-refractivity contribution >= 4 is 22.7 Å². The number of rotatable bonds is 1. The summed E-state index contributed by atoms with van der Waals surface area (Å²) in [6.07, 6.45) is 0. The predicted molar refractivity (Wildman–Crippen MR) is 19.7 cm³/mol. The molecule has 0 fully saturated rings. The molecule has 0 aliphatic heterocycles. The van der Waals surface area contributed by atoms with Gasteiger partial charge in [0.25, 0.3) is 0 Å². The van der Waals surface area contributed by atoms with Crippen molar-refractivity contribution in [3.05, 3.63) is 0 Å². The van der Waals surface area contributed by atoms with Crippen LogP contribution in [0.4, 0.5) is 8.78 Å². The van der Waals surface area contributed by atoms with Crippen LogP contribution in [0.1, 0.15) is 0 Å². The van der Waals surface area contributed by atoms with Gasteiger partial charge in [0.15, 0.2) is 0 Å². The van der Waals surface area contributed by atoms with Crippen molar-refractivity contribution in [3.63, 3.8) is 0 Å². The summed E-state index contributed by atoms with van der Waals surface area (Å²) in [5.74, 6) is 0. The number of hydrogen-bond acceptors (Lipinski definition) is 2. The van der Waals surface area contributed by atoms with Gasteiger partial charge in [-0.05, 0) is 11.6 Å². The standard InChI is InChI=1S/CHClF2O2S.K/c2-1(3,4)7(5)6;/h(H,5,6);/q;+1/p-1. The van der Waals surface area contributed by atoms with E-state index >= 15 is 0 Å². The zero-order chi connectivity index (χ0) is 6.08. The van der Waals surface area contributed by atoms with E-state index in [1.54, 1.807) is 0 Å². The van der Waals surface area contributed by atoms with Crippen molar-refractivity contribution in [2.24, 2.45) is 0 Å². The SMILES string of the molecule is O=S([O-])C(F)(F)Cl.[K+]. The van der Waals surface area contributed by atoms with Gasteiger partial charge in [-0.15, -0.1) is 0 Å². The van der Waals surface area contributed by atoms with Gasteiger partial charge in [-0.2, -0.15) is 8.78 Å². The van der Waals surface area contributed by atoms with E-state index in [0.29, 0.717) is 0 Å². The van der Waals surface area contributed by atoms with E-state index in [1.165, 1.54) is 0 Å². The van der Waals surface area contributed by atoms with Crippen LogP contribution in [-0.2, 0) is 11.1 Å². The van der Waals surface area contributed by atoms with E-state index < -0.39 is 15.8 Å². The molecule has 0 radical (unpaired) electrons. The van der Waals surface area contributed by atoms with Crippen molar-refractivity contribution in [1.29, 1.82) is 0 Å². The van der Waals surface area contributed by atoms with Gasteiger partial charge in [0.1, 0.15) is 0 Å². The van der Waals surface area contributed by atoms with Crippen LogP contribution in [0.15, 0.2) is 0 Å². The van der Waals surface area contributed by atoms with Gasteiger partial charge in [-0.1, -0.05) is 0 Å². The van der Waals surface area contributed by atoms with Gasteiger partial charge in [0, 0.05) is 11.1 Å². The fourth-order valence-corrected chi connectivity index (χ4v) is 0. The third kappa shape index (κ3) is 6.02. The van der Waals surface area contributed by atoms with Crippen molar-refractivity contribution in [1.82, 2.24) is 0 Å². The molecule has 0 aromatic rings. The Morgan fingerprint density at radius 3 is 1.75 bits per heavy atom. The molecule has 0 aromatic heterocycles. The Bertz CT molecular complexity index is 92.5. The normalized spacial score (nSPS) is 14.5. The summed E-state index contributed by atoms with van der Waals surface area (Å²) < 4.78 is 36.2. The molecule has 0 saturated heterocycles. The quantitative estimate of drug-likeness (QED) is 0.263. The van der Waals surface area contributed by atoms with Gasteiger partial charge in [0.05, 0.1) is 0 Å². The van der Waals surface area contributed by atoms with Crippen molar-refractivity contribution in [2.75, 3.05) is 0 Å². The van der Waals surface area contributed by atoms with E-state index in [4.69, 9.17) is 8.76 Å². The first-order valence-electron chi connectivity index (χ1n) is 1.10. The van der Waals surface area contributed by atoms with Crippen LogP contribution < -0.4 is 51.4 Å². The molecule has 0 saturated carbocycles. The van der Waals surface area contributed by atoms with Crippen LogP contribution in [0.25, 0.3) is 0 Å². The molecule has 0 rings (SSSR count). The Labute approximate surface area is 94.7 Å². The molecular weight excluding hydrogens is 189 g/mol. The average molecular weight is 189 g/mol. The minimum atomic E-state index is -4.11. The molecule has 0 amide bonds. The van der Waals surface area contributed by atoms with Gasteiger partial charge in [-0.3, -0.25) is 4.21 Å². The molecule has 44 valence electrons. The predicted octanol–water partition coefficient (Wildman–Crippen LogP) is -2.34. The summed E-state index contributed by atoms with van der Waals surface area (Å²) in [5.41, 5.74) is 0. The summed E-state index contributed by atoms with van der Waals surface area (Å²) >= 11 is 0.421. The summed E-state index contributed by atoms with van der Waals surface area (Å²) in [6.45, 7) is 0. The average Bonchev–Trinajstić information content (AvgIpc) is 1.31. The van der Waals surface area contributed by atoms with Crippen LogP contribution in [0, 0.1) is 0 Å². The van der Waals surface area contributed by atoms with Gasteiger partial charge < -0.3 is 4.55 Å². The van der Waals surface area contributed by atoms with E-state index in [9.17, 15) is 8.78 Å². The van der Waals surface area contributed by atoms with Gasteiger partial charge in [-0.25, -0.2) is 0 Å². The van der Waals surface area contributed by atoms with E-state index in [-0.39, 0.29) is 51.4 Å². The fraction of sp³-hybridized carbons (Fsp3) is 1.00. The second-order valence-electron chi connectivity index (χ2n) is 0.680. The second-order valence-corrected chi connectivity index (χ2v) is 2.36. The molecule has 1 atom stereocenters. The second kappa shape index (κ2) is 4.67. The molecule has 8 heavy (non-hydrogen) atoms. The minimum Gasteiger partial charge on any atom is -0.767 e. The largest absolute Gasteiger partial charge is 1.00 e. The molecule has 0 aliphatic rings. The number of alkyl halides is 3. The summed E-state index contributed by atoms with van der Waals surface area (Å²) in [4.78, 5) is 0. The first-order valence-corrected chi connectivity index (χ1v) is 2.56. The Kier molecular flexibility index (Phi) is 7.34. The third-order valence-corrected chi connectivity index (χ3v) is 0.945. The molecule has 2 nitrogen and oxygen atoms in total. The Hall–Kier alpha value is 1.90. The topological polar surface area (TPSA) is 40.1 Å². The maximum atomic E-state index is 11.0.